The van der Waals surface area contributed by atoms with E-state index in [4.69, 9.17) is 10.00 Å². The maximum absolute atomic E-state index is 12.4. The fourth-order valence-corrected chi connectivity index (χ4v) is 2.83. The van der Waals surface area contributed by atoms with Crippen LogP contribution in [0.5, 0.6) is 5.75 Å². The van der Waals surface area contributed by atoms with Gasteiger partial charge in [0.1, 0.15) is 11.8 Å². The van der Waals surface area contributed by atoms with E-state index < -0.39 is 5.92 Å². The van der Waals surface area contributed by atoms with Crippen LogP contribution in [0.1, 0.15) is 17.5 Å². The van der Waals surface area contributed by atoms with Gasteiger partial charge in [-0.15, -0.1) is 0 Å². The van der Waals surface area contributed by atoms with Crippen LogP contribution in [0, 0.1) is 30.1 Å². The molecule has 0 radical (unpaired) electrons. The third-order valence-corrected chi connectivity index (χ3v) is 4.38. The van der Waals surface area contributed by atoms with Gasteiger partial charge < -0.3 is 15.4 Å². The van der Waals surface area contributed by atoms with Gasteiger partial charge in [-0.2, -0.15) is 5.26 Å². The molecule has 2 aromatic rings. The highest BCUT2D eigenvalue weighted by Crippen LogP contribution is 2.41. The van der Waals surface area contributed by atoms with Crippen molar-refractivity contribution in [3.8, 4) is 11.8 Å². The second-order valence-electron chi connectivity index (χ2n) is 6.29. The van der Waals surface area contributed by atoms with Crippen molar-refractivity contribution in [2.45, 2.75) is 13.3 Å². The van der Waals surface area contributed by atoms with E-state index in [0.717, 1.165) is 5.56 Å². The van der Waals surface area contributed by atoms with E-state index in [1.807, 2.05) is 25.1 Å². The summed E-state index contributed by atoms with van der Waals surface area (Å²) in [5, 5.41) is 14.7. The molecule has 0 saturated heterocycles. The Bertz CT molecular complexity index is 901. The minimum atomic E-state index is -0.391. The summed E-state index contributed by atoms with van der Waals surface area (Å²) in [6.45, 7) is 1.93. The number of aryl methyl sites for hydroxylation is 1. The Morgan fingerprint density at radius 2 is 1.73 bits per heavy atom. The number of nitrogens with zero attached hydrogens (tertiary/aromatic N) is 1. The summed E-state index contributed by atoms with van der Waals surface area (Å²) in [4.78, 5) is 24.8. The van der Waals surface area contributed by atoms with Gasteiger partial charge in [0.25, 0.3) is 0 Å². The molecule has 6 heteroatoms. The van der Waals surface area contributed by atoms with Gasteiger partial charge in [-0.1, -0.05) is 18.2 Å². The molecule has 1 aliphatic carbocycles. The molecule has 2 N–H and O–H groups in total. The van der Waals surface area contributed by atoms with E-state index in [1.54, 1.807) is 37.4 Å². The summed E-state index contributed by atoms with van der Waals surface area (Å²) in [5.41, 5.74) is 2.45. The molecule has 2 unspecified atom stereocenters. The van der Waals surface area contributed by atoms with Gasteiger partial charge >= 0.3 is 0 Å². The molecular formula is C20H19N3O3. The normalized spacial score (nSPS) is 17.7. The number of amides is 2. The van der Waals surface area contributed by atoms with Crippen molar-refractivity contribution in [3.05, 3.63) is 53.6 Å². The van der Waals surface area contributed by atoms with Gasteiger partial charge in [0, 0.05) is 0 Å². The minimum Gasteiger partial charge on any atom is -0.495 e. The Labute approximate surface area is 151 Å². The predicted octanol–water partition coefficient (Wildman–Crippen LogP) is 3.09. The van der Waals surface area contributed by atoms with Gasteiger partial charge in [0.05, 0.1) is 35.9 Å². The first-order valence-electron chi connectivity index (χ1n) is 8.29. The van der Waals surface area contributed by atoms with E-state index in [-0.39, 0.29) is 17.7 Å². The summed E-state index contributed by atoms with van der Waals surface area (Å²) in [5.74, 6) is -0.646. The fraction of sp³-hybridized carbons (Fsp3) is 0.250. The number of carbonyl (C=O) groups excluding carboxylic acids is 2. The number of hydrogen-bond acceptors (Lipinski definition) is 4. The molecule has 0 bridgehead atoms. The largest absolute Gasteiger partial charge is 0.495 e. The summed E-state index contributed by atoms with van der Waals surface area (Å²) < 4.78 is 5.26. The molecule has 132 valence electrons. The van der Waals surface area contributed by atoms with Crippen LogP contribution in [-0.4, -0.2) is 18.9 Å². The lowest BCUT2D eigenvalue weighted by Gasteiger charge is -2.11. The Hall–Kier alpha value is -3.33. The first-order chi connectivity index (χ1) is 12.5. The number of ether oxygens (including phenoxy) is 1. The topological polar surface area (TPSA) is 91.2 Å². The average molecular weight is 349 g/mol. The van der Waals surface area contributed by atoms with Crippen LogP contribution in [0.15, 0.2) is 42.5 Å². The number of anilines is 2. The number of rotatable bonds is 5. The number of para-hydroxylation sites is 1. The molecule has 2 atom stereocenters. The van der Waals surface area contributed by atoms with Crippen molar-refractivity contribution < 1.29 is 14.3 Å². The highest BCUT2D eigenvalue weighted by molar-refractivity contribution is 6.04. The Kier molecular flexibility index (Phi) is 4.90. The van der Waals surface area contributed by atoms with Crippen LogP contribution < -0.4 is 15.4 Å². The molecule has 0 aliphatic heterocycles. The molecule has 0 heterocycles. The van der Waals surface area contributed by atoms with Crippen molar-refractivity contribution in [1.82, 2.24) is 0 Å². The molecule has 3 rings (SSSR count). The Balaban J connectivity index is 1.63. The first-order valence-corrected chi connectivity index (χ1v) is 8.29. The number of nitriles is 1. The average Bonchev–Trinajstić information content (AvgIpc) is 3.43. The van der Waals surface area contributed by atoms with E-state index in [1.165, 1.54) is 0 Å². The van der Waals surface area contributed by atoms with Crippen LogP contribution in [0.25, 0.3) is 0 Å². The Morgan fingerprint density at radius 1 is 1.08 bits per heavy atom. The van der Waals surface area contributed by atoms with E-state index in [9.17, 15) is 9.59 Å². The van der Waals surface area contributed by atoms with Crippen LogP contribution in [0.2, 0.25) is 0 Å². The SMILES string of the molecule is COc1ccc(C)cc1NC(=O)C1CC1C(=O)Nc1ccccc1C#N. The molecule has 0 spiro atoms. The number of hydrogen-bond donors (Lipinski definition) is 2. The number of nitrogens with one attached hydrogen (secondary N) is 2. The van der Waals surface area contributed by atoms with Crippen LogP contribution in [0.3, 0.4) is 0 Å². The molecule has 2 aromatic carbocycles. The van der Waals surface area contributed by atoms with Gasteiger partial charge in [-0.05, 0) is 43.2 Å². The summed E-state index contributed by atoms with van der Waals surface area (Å²) >= 11 is 0. The van der Waals surface area contributed by atoms with Crippen molar-refractivity contribution >= 4 is 23.2 Å². The minimum absolute atomic E-state index is 0.206. The van der Waals surface area contributed by atoms with E-state index in [2.05, 4.69) is 10.6 Å². The van der Waals surface area contributed by atoms with Gasteiger partial charge in [0.2, 0.25) is 11.8 Å². The van der Waals surface area contributed by atoms with Crippen molar-refractivity contribution in [3.63, 3.8) is 0 Å². The van der Waals surface area contributed by atoms with Crippen LogP contribution >= 0.6 is 0 Å². The maximum atomic E-state index is 12.4. The quantitative estimate of drug-likeness (QED) is 0.868. The van der Waals surface area contributed by atoms with Crippen LogP contribution in [-0.2, 0) is 9.59 Å². The zero-order valence-corrected chi connectivity index (χ0v) is 14.6. The van der Waals surface area contributed by atoms with Gasteiger partial charge in [-0.3, -0.25) is 9.59 Å². The second kappa shape index (κ2) is 7.28. The third-order valence-electron chi connectivity index (χ3n) is 4.38. The molecule has 26 heavy (non-hydrogen) atoms. The standard InChI is InChI=1S/C20H19N3O3/c1-12-7-8-18(26-2)17(9-12)23-20(25)15-10-14(15)19(24)22-16-6-4-3-5-13(16)11-21/h3-9,14-15H,10H2,1-2H3,(H,22,24)(H,23,25). The highest BCUT2D eigenvalue weighted by Gasteiger charge is 2.48. The fourth-order valence-electron chi connectivity index (χ4n) is 2.83. The zero-order chi connectivity index (χ0) is 18.7. The Morgan fingerprint density at radius 3 is 2.38 bits per heavy atom. The van der Waals surface area contributed by atoms with E-state index in [0.29, 0.717) is 29.1 Å². The first kappa shape index (κ1) is 17.5. The molecule has 1 saturated carbocycles. The maximum Gasteiger partial charge on any atom is 0.228 e. The molecule has 0 aromatic heterocycles. The molecule has 1 aliphatic rings. The summed E-state index contributed by atoms with van der Waals surface area (Å²) in [6, 6.07) is 14.3. The summed E-state index contributed by atoms with van der Waals surface area (Å²) in [6.07, 6.45) is 0.487. The monoisotopic (exact) mass is 349 g/mol. The molecule has 1 fully saturated rings. The smallest absolute Gasteiger partial charge is 0.228 e. The zero-order valence-electron chi connectivity index (χ0n) is 14.6. The van der Waals surface area contributed by atoms with Gasteiger partial charge in [-0.25, -0.2) is 0 Å². The molecule has 2 amide bonds. The van der Waals surface area contributed by atoms with Crippen LogP contribution in [0.4, 0.5) is 11.4 Å². The lowest BCUT2D eigenvalue weighted by atomic mass is 10.2. The number of benzene rings is 2. The predicted molar refractivity (Wildman–Crippen MR) is 97.7 cm³/mol. The van der Waals surface area contributed by atoms with Crippen molar-refractivity contribution in [1.29, 1.82) is 5.26 Å². The van der Waals surface area contributed by atoms with Crippen molar-refractivity contribution in [2.75, 3.05) is 17.7 Å². The molecule has 6 nitrogen and oxygen atoms in total. The van der Waals surface area contributed by atoms with Crippen molar-refractivity contribution in [2.24, 2.45) is 11.8 Å². The number of methoxy groups -OCH3 is 1. The number of carbonyl (C=O) groups is 2. The third kappa shape index (κ3) is 3.67. The second-order valence-corrected chi connectivity index (χ2v) is 6.29. The lowest BCUT2D eigenvalue weighted by Crippen LogP contribution is -2.21. The molecular weight excluding hydrogens is 330 g/mol. The van der Waals surface area contributed by atoms with E-state index >= 15 is 0 Å². The lowest BCUT2D eigenvalue weighted by molar-refractivity contribution is -0.122. The van der Waals surface area contributed by atoms with Gasteiger partial charge in [0.15, 0.2) is 0 Å². The summed E-state index contributed by atoms with van der Waals surface area (Å²) in [7, 11) is 1.54. The highest BCUT2D eigenvalue weighted by atomic mass is 16.5.